The lowest BCUT2D eigenvalue weighted by Gasteiger charge is -2.07. The van der Waals surface area contributed by atoms with Gasteiger partial charge in [0.05, 0.1) is 0 Å². The van der Waals surface area contributed by atoms with Gasteiger partial charge in [-0.15, -0.1) is 0 Å². The minimum absolute atomic E-state index is 0.159. The molecule has 0 radical (unpaired) electrons. The Morgan fingerprint density at radius 3 is 2.82 bits per heavy atom. The van der Waals surface area contributed by atoms with Crippen LogP contribution in [0.4, 0.5) is 17.5 Å². The third-order valence-electron chi connectivity index (χ3n) is 2.32. The largest absolute Gasteiger partial charge is 0.368 e. The zero-order chi connectivity index (χ0) is 12.3. The summed E-state index contributed by atoms with van der Waals surface area (Å²) in [5.74, 6) is 0.752. The molecule has 0 saturated carbocycles. The Balaban J connectivity index is 2.24. The molecule has 0 aliphatic heterocycles. The van der Waals surface area contributed by atoms with Crippen LogP contribution in [0.5, 0.6) is 0 Å². The van der Waals surface area contributed by atoms with Crippen molar-refractivity contribution in [1.29, 1.82) is 0 Å². The summed E-state index contributed by atoms with van der Waals surface area (Å²) in [4.78, 5) is 7.86. The average Bonchev–Trinajstić information content (AvgIpc) is 2.28. The Kier molecular flexibility index (Phi) is 3.44. The Morgan fingerprint density at radius 1 is 1.29 bits per heavy atom. The standard InChI is InChI=1S/C12H13ClN4/c1-2-8-4-3-5-9(6-8)15-11-7-10(13)16-12(14)17-11/h3-7H,2H2,1H3,(H3,14,15,16,17). The Bertz CT molecular complexity index is 507. The minimum atomic E-state index is 0.159. The Labute approximate surface area is 105 Å². The van der Waals surface area contributed by atoms with E-state index in [1.54, 1.807) is 6.07 Å². The topological polar surface area (TPSA) is 63.8 Å². The fourth-order valence-corrected chi connectivity index (χ4v) is 1.71. The van der Waals surface area contributed by atoms with Gasteiger partial charge in [0.25, 0.3) is 0 Å². The van der Waals surface area contributed by atoms with E-state index in [0.717, 1.165) is 12.1 Å². The van der Waals surface area contributed by atoms with Crippen LogP contribution >= 0.6 is 11.6 Å². The first-order valence-corrected chi connectivity index (χ1v) is 5.71. The molecule has 0 amide bonds. The first-order chi connectivity index (χ1) is 8.17. The predicted octanol–water partition coefficient (Wildman–Crippen LogP) is 3.02. The van der Waals surface area contributed by atoms with E-state index in [2.05, 4.69) is 34.3 Å². The number of halogens is 1. The summed E-state index contributed by atoms with van der Waals surface area (Å²) in [6.07, 6.45) is 0.988. The minimum Gasteiger partial charge on any atom is -0.368 e. The number of hydrogen-bond donors (Lipinski definition) is 2. The van der Waals surface area contributed by atoms with Crippen LogP contribution in [0.15, 0.2) is 30.3 Å². The molecule has 1 aromatic heterocycles. The first kappa shape index (κ1) is 11.7. The van der Waals surface area contributed by atoms with Crippen LogP contribution in [0.3, 0.4) is 0 Å². The van der Waals surface area contributed by atoms with Crippen molar-refractivity contribution in [1.82, 2.24) is 9.97 Å². The van der Waals surface area contributed by atoms with Crippen LogP contribution in [0.1, 0.15) is 12.5 Å². The van der Waals surface area contributed by atoms with Crippen molar-refractivity contribution >= 4 is 29.1 Å². The second-order valence-corrected chi connectivity index (χ2v) is 4.00. The fraction of sp³-hybridized carbons (Fsp3) is 0.167. The number of nitrogen functional groups attached to an aromatic ring is 1. The molecule has 0 bridgehead atoms. The van der Waals surface area contributed by atoms with E-state index in [1.807, 2.05) is 12.1 Å². The highest BCUT2D eigenvalue weighted by molar-refractivity contribution is 6.29. The lowest BCUT2D eigenvalue weighted by Crippen LogP contribution is -2.00. The van der Waals surface area contributed by atoms with Crippen LogP contribution < -0.4 is 11.1 Å². The van der Waals surface area contributed by atoms with E-state index in [4.69, 9.17) is 17.3 Å². The zero-order valence-corrected chi connectivity index (χ0v) is 10.2. The maximum atomic E-state index is 5.80. The van der Waals surface area contributed by atoms with E-state index >= 15 is 0 Å². The molecule has 17 heavy (non-hydrogen) atoms. The van der Waals surface area contributed by atoms with Gasteiger partial charge in [-0.25, -0.2) is 4.98 Å². The van der Waals surface area contributed by atoms with Crippen molar-refractivity contribution in [2.45, 2.75) is 13.3 Å². The van der Waals surface area contributed by atoms with Crippen LogP contribution in [0, 0.1) is 0 Å². The molecule has 1 aromatic carbocycles. The van der Waals surface area contributed by atoms with Crippen LogP contribution in [0.2, 0.25) is 5.15 Å². The lowest BCUT2D eigenvalue weighted by molar-refractivity contribution is 1.14. The fourth-order valence-electron chi connectivity index (χ4n) is 1.52. The van der Waals surface area contributed by atoms with Gasteiger partial charge in [-0.2, -0.15) is 4.98 Å². The maximum Gasteiger partial charge on any atom is 0.223 e. The van der Waals surface area contributed by atoms with Gasteiger partial charge < -0.3 is 11.1 Å². The number of benzene rings is 1. The highest BCUT2D eigenvalue weighted by Gasteiger charge is 2.01. The molecular formula is C12H13ClN4. The molecular weight excluding hydrogens is 236 g/mol. The van der Waals surface area contributed by atoms with Crippen LogP contribution in [-0.4, -0.2) is 9.97 Å². The second kappa shape index (κ2) is 5.01. The molecule has 0 spiro atoms. The number of nitrogens with zero attached hydrogens (tertiary/aromatic N) is 2. The molecule has 3 N–H and O–H groups in total. The van der Waals surface area contributed by atoms with Crippen molar-refractivity contribution in [2.24, 2.45) is 0 Å². The lowest BCUT2D eigenvalue weighted by atomic mass is 10.1. The maximum absolute atomic E-state index is 5.80. The molecule has 0 aliphatic carbocycles. The summed E-state index contributed by atoms with van der Waals surface area (Å²) >= 11 is 5.80. The van der Waals surface area contributed by atoms with Gasteiger partial charge in [-0.3, -0.25) is 0 Å². The first-order valence-electron chi connectivity index (χ1n) is 5.33. The Hall–Kier alpha value is -1.81. The van der Waals surface area contributed by atoms with Gasteiger partial charge in [0.1, 0.15) is 11.0 Å². The molecule has 0 unspecified atom stereocenters. The normalized spacial score (nSPS) is 10.2. The summed E-state index contributed by atoms with van der Waals surface area (Å²) < 4.78 is 0. The van der Waals surface area contributed by atoms with Gasteiger partial charge in [0, 0.05) is 11.8 Å². The van der Waals surface area contributed by atoms with Gasteiger partial charge in [-0.1, -0.05) is 30.7 Å². The zero-order valence-electron chi connectivity index (χ0n) is 9.44. The quantitative estimate of drug-likeness (QED) is 0.820. The molecule has 2 rings (SSSR count). The number of hydrogen-bond acceptors (Lipinski definition) is 4. The van der Waals surface area contributed by atoms with E-state index in [0.29, 0.717) is 11.0 Å². The molecule has 4 nitrogen and oxygen atoms in total. The van der Waals surface area contributed by atoms with Gasteiger partial charge in [0.15, 0.2) is 0 Å². The summed E-state index contributed by atoms with van der Waals surface area (Å²) in [6.45, 7) is 2.11. The van der Waals surface area contributed by atoms with Crippen molar-refractivity contribution in [2.75, 3.05) is 11.1 Å². The monoisotopic (exact) mass is 248 g/mol. The van der Waals surface area contributed by atoms with Crippen LogP contribution in [-0.2, 0) is 6.42 Å². The third kappa shape index (κ3) is 3.07. The van der Waals surface area contributed by atoms with E-state index in [1.165, 1.54) is 5.56 Å². The summed E-state index contributed by atoms with van der Waals surface area (Å²) in [5, 5.41) is 3.47. The van der Waals surface area contributed by atoms with Gasteiger partial charge in [-0.05, 0) is 24.1 Å². The summed E-state index contributed by atoms with van der Waals surface area (Å²) in [6, 6.07) is 9.73. The number of aromatic nitrogens is 2. The average molecular weight is 249 g/mol. The van der Waals surface area contributed by atoms with Gasteiger partial charge >= 0.3 is 0 Å². The van der Waals surface area contributed by atoms with E-state index in [9.17, 15) is 0 Å². The molecule has 2 aromatic rings. The highest BCUT2D eigenvalue weighted by atomic mass is 35.5. The molecule has 0 aliphatic rings. The van der Waals surface area contributed by atoms with Crippen molar-refractivity contribution < 1.29 is 0 Å². The molecule has 88 valence electrons. The van der Waals surface area contributed by atoms with Crippen molar-refractivity contribution in [3.63, 3.8) is 0 Å². The predicted molar refractivity (Wildman–Crippen MR) is 70.6 cm³/mol. The van der Waals surface area contributed by atoms with Crippen molar-refractivity contribution in [3.8, 4) is 0 Å². The van der Waals surface area contributed by atoms with Gasteiger partial charge in [0.2, 0.25) is 5.95 Å². The molecule has 5 heteroatoms. The van der Waals surface area contributed by atoms with Crippen molar-refractivity contribution in [3.05, 3.63) is 41.0 Å². The SMILES string of the molecule is CCc1cccc(Nc2cc(Cl)nc(N)n2)c1. The second-order valence-electron chi connectivity index (χ2n) is 3.61. The van der Waals surface area contributed by atoms with E-state index in [-0.39, 0.29) is 5.95 Å². The third-order valence-corrected chi connectivity index (χ3v) is 2.51. The number of nitrogens with two attached hydrogens (primary N) is 1. The highest BCUT2D eigenvalue weighted by Crippen LogP contribution is 2.19. The summed E-state index contributed by atoms with van der Waals surface area (Å²) in [7, 11) is 0. The summed E-state index contributed by atoms with van der Waals surface area (Å²) in [5.41, 5.74) is 7.73. The number of nitrogens with one attached hydrogen (secondary N) is 1. The van der Waals surface area contributed by atoms with E-state index < -0.39 is 0 Å². The number of aryl methyl sites for hydroxylation is 1. The molecule has 0 fully saturated rings. The number of anilines is 3. The molecule has 0 atom stereocenters. The molecule has 0 saturated heterocycles. The Morgan fingerprint density at radius 2 is 2.12 bits per heavy atom. The van der Waals surface area contributed by atoms with Crippen LogP contribution in [0.25, 0.3) is 0 Å². The molecule has 1 heterocycles. The smallest absolute Gasteiger partial charge is 0.223 e. The number of rotatable bonds is 3.